The lowest BCUT2D eigenvalue weighted by atomic mass is 9.95. The molecule has 162 valence electrons. The van der Waals surface area contributed by atoms with E-state index in [-0.39, 0.29) is 31.1 Å². The van der Waals surface area contributed by atoms with Gasteiger partial charge in [-0.2, -0.15) is 0 Å². The molecule has 0 unspecified atom stereocenters. The van der Waals surface area contributed by atoms with Crippen LogP contribution in [0.5, 0.6) is 17.2 Å². The quantitative estimate of drug-likeness (QED) is 0.801. The van der Waals surface area contributed by atoms with Crippen molar-refractivity contribution < 1.29 is 23.8 Å². The lowest BCUT2D eigenvalue weighted by Crippen LogP contribution is -2.43. The molecule has 0 spiro atoms. The minimum atomic E-state index is -0.118. The number of carbonyl (C=O) groups is 2. The van der Waals surface area contributed by atoms with Crippen LogP contribution in [0.25, 0.3) is 0 Å². The van der Waals surface area contributed by atoms with Crippen LogP contribution in [0.4, 0.5) is 5.69 Å². The highest BCUT2D eigenvalue weighted by Crippen LogP contribution is 2.34. The van der Waals surface area contributed by atoms with Crippen molar-refractivity contribution in [1.82, 2.24) is 4.90 Å². The number of ether oxygens (including phenoxy) is 3. The fourth-order valence-corrected chi connectivity index (χ4v) is 4.48. The second-order valence-corrected chi connectivity index (χ2v) is 8.29. The highest BCUT2D eigenvalue weighted by Gasteiger charge is 2.28. The van der Waals surface area contributed by atoms with Gasteiger partial charge in [0, 0.05) is 30.8 Å². The number of aryl methyl sites for hydroxylation is 2. The first kappa shape index (κ1) is 19.7. The maximum atomic E-state index is 12.6. The summed E-state index contributed by atoms with van der Waals surface area (Å²) >= 11 is 0. The van der Waals surface area contributed by atoms with Gasteiger partial charge >= 0.3 is 0 Å². The van der Waals surface area contributed by atoms with Gasteiger partial charge < -0.3 is 24.4 Å². The normalized spacial score (nSPS) is 17.4. The van der Waals surface area contributed by atoms with Crippen molar-refractivity contribution in [3.63, 3.8) is 0 Å². The molecule has 0 radical (unpaired) electrons. The molecule has 1 aliphatic carbocycles. The molecule has 0 saturated carbocycles. The maximum Gasteiger partial charge on any atom is 0.260 e. The highest BCUT2D eigenvalue weighted by atomic mass is 16.7. The molecule has 5 rings (SSSR count). The zero-order valence-corrected chi connectivity index (χ0v) is 17.4. The average molecular weight is 422 g/mol. The molecule has 2 amide bonds. The van der Waals surface area contributed by atoms with Crippen molar-refractivity contribution in [3.05, 3.63) is 47.5 Å². The topological polar surface area (TPSA) is 77.1 Å². The SMILES string of the molecule is O=C(Nc1ccc2c(c1)OCO2)C1CCN(C(=O)COc2ccc3c(c2)CCC3)CC1. The predicted molar refractivity (Wildman–Crippen MR) is 114 cm³/mol. The third kappa shape index (κ3) is 4.31. The van der Waals surface area contributed by atoms with E-state index >= 15 is 0 Å². The average Bonchev–Trinajstić information content (AvgIpc) is 3.46. The van der Waals surface area contributed by atoms with Gasteiger partial charge in [-0.1, -0.05) is 6.07 Å². The number of amides is 2. The van der Waals surface area contributed by atoms with Gasteiger partial charge in [0.15, 0.2) is 18.1 Å². The van der Waals surface area contributed by atoms with E-state index in [2.05, 4.69) is 17.4 Å². The molecule has 1 fully saturated rings. The third-order valence-electron chi connectivity index (χ3n) is 6.29. The van der Waals surface area contributed by atoms with Crippen molar-refractivity contribution >= 4 is 17.5 Å². The molecule has 7 heteroatoms. The summed E-state index contributed by atoms with van der Waals surface area (Å²) in [6.07, 6.45) is 4.69. The number of anilines is 1. The van der Waals surface area contributed by atoms with Crippen molar-refractivity contribution in [1.29, 1.82) is 0 Å². The van der Waals surface area contributed by atoms with E-state index in [0.29, 0.717) is 43.1 Å². The third-order valence-corrected chi connectivity index (χ3v) is 6.29. The Morgan fingerprint density at radius 2 is 1.81 bits per heavy atom. The van der Waals surface area contributed by atoms with Gasteiger partial charge in [0.1, 0.15) is 5.75 Å². The zero-order valence-electron chi connectivity index (χ0n) is 17.4. The molecular weight excluding hydrogens is 396 g/mol. The number of nitrogens with zero attached hydrogens (tertiary/aromatic N) is 1. The lowest BCUT2D eigenvalue weighted by Gasteiger charge is -2.31. The van der Waals surface area contributed by atoms with Crippen LogP contribution in [-0.2, 0) is 22.4 Å². The fraction of sp³-hybridized carbons (Fsp3) is 0.417. The highest BCUT2D eigenvalue weighted by molar-refractivity contribution is 5.93. The maximum absolute atomic E-state index is 12.6. The summed E-state index contributed by atoms with van der Waals surface area (Å²) in [5.74, 6) is 1.91. The summed E-state index contributed by atoms with van der Waals surface area (Å²) in [6.45, 7) is 1.36. The van der Waals surface area contributed by atoms with E-state index in [9.17, 15) is 9.59 Å². The molecule has 1 N–H and O–H groups in total. The van der Waals surface area contributed by atoms with Gasteiger partial charge in [-0.25, -0.2) is 0 Å². The van der Waals surface area contributed by atoms with E-state index < -0.39 is 0 Å². The van der Waals surface area contributed by atoms with Gasteiger partial charge in [-0.05, 0) is 67.5 Å². The first-order valence-electron chi connectivity index (χ1n) is 10.9. The molecular formula is C24H26N2O5. The Morgan fingerprint density at radius 3 is 2.68 bits per heavy atom. The van der Waals surface area contributed by atoms with E-state index in [0.717, 1.165) is 18.6 Å². The minimum Gasteiger partial charge on any atom is -0.484 e. The summed E-state index contributed by atoms with van der Waals surface area (Å²) in [7, 11) is 0. The summed E-state index contributed by atoms with van der Waals surface area (Å²) < 4.78 is 16.4. The molecule has 2 aromatic rings. The molecule has 2 aromatic carbocycles. The van der Waals surface area contributed by atoms with Crippen LogP contribution >= 0.6 is 0 Å². The number of rotatable bonds is 5. The summed E-state index contributed by atoms with van der Waals surface area (Å²) in [5, 5.41) is 2.95. The molecule has 2 heterocycles. The van der Waals surface area contributed by atoms with Crippen LogP contribution in [0.15, 0.2) is 36.4 Å². The Morgan fingerprint density at radius 1 is 1.00 bits per heavy atom. The molecule has 0 aromatic heterocycles. The Kier molecular flexibility index (Phi) is 5.40. The minimum absolute atomic E-state index is 0.0274. The molecule has 2 aliphatic heterocycles. The Labute approximate surface area is 181 Å². The molecule has 0 atom stereocenters. The smallest absolute Gasteiger partial charge is 0.260 e. The van der Waals surface area contributed by atoms with Gasteiger partial charge in [-0.15, -0.1) is 0 Å². The number of hydrogen-bond acceptors (Lipinski definition) is 5. The summed E-state index contributed by atoms with van der Waals surface area (Å²) in [5.41, 5.74) is 3.41. The van der Waals surface area contributed by atoms with Crippen LogP contribution in [0.1, 0.15) is 30.4 Å². The Balaban J connectivity index is 1.09. The lowest BCUT2D eigenvalue weighted by molar-refractivity contribution is -0.136. The van der Waals surface area contributed by atoms with Crippen LogP contribution in [0.3, 0.4) is 0 Å². The van der Waals surface area contributed by atoms with Gasteiger partial charge in [0.25, 0.3) is 5.91 Å². The number of hydrogen-bond donors (Lipinski definition) is 1. The first-order valence-corrected chi connectivity index (χ1v) is 10.9. The monoisotopic (exact) mass is 422 g/mol. The Hall–Kier alpha value is -3.22. The number of likely N-dealkylation sites (tertiary alicyclic amines) is 1. The largest absolute Gasteiger partial charge is 0.484 e. The van der Waals surface area contributed by atoms with Crippen molar-refractivity contribution in [3.8, 4) is 17.2 Å². The zero-order chi connectivity index (χ0) is 21.2. The molecule has 0 bridgehead atoms. The van der Waals surface area contributed by atoms with Crippen molar-refractivity contribution in [2.24, 2.45) is 5.92 Å². The Bertz CT molecular complexity index is 997. The molecule has 3 aliphatic rings. The fourth-order valence-electron chi connectivity index (χ4n) is 4.48. The molecule has 7 nitrogen and oxygen atoms in total. The summed E-state index contributed by atoms with van der Waals surface area (Å²) in [4.78, 5) is 27.0. The molecule has 31 heavy (non-hydrogen) atoms. The van der Waals surface area contributed by atoms with Crippen LogP contribution in [0.2, 0.25) is 0 Å². The molecule has 1 saturated heterocycles. The van der Waals surface area contributed by atoms with Crippen LogP contribution in [-0.4, -0.2) is 43.2 Å². The predicted octanol–water partition coefficient (Wildman–Crippen LogP) is 3.16. The number of nitrogens with one attached hydrogen (secondary N) is 1. The van der Waals surface area contributed by atoms with Crippen LogP contribution in [0, 0.1) is 5.92 Å². The van der Waals surface area contributed by atoms with Gasteiger partial charge in [-0.3, -0.25) is 9.59 Å². The van der Waals surface area contributed by atoms with E-state index in [1.807, 2.05) is 6.07 Å². The van der Waals surface area contributed by atoms with E-state index in [1.54, 1.807) is 23.1 Å². The summed E-state index contributed by atoms with van der Waals surface area (Å²) in [6, 6.07) is 11.5. The van der Waals surface area contributed by atoms with E-state index in [1.165, 1.54) is 17.5 Å². The van der Waals surface area contributed by atoms with Gasteiger partial charge in [0.05, 0.1) is 0 Å². The van der Waals surface area contributed by atoms with Crippen LogP contribution < -0.4 is 19.5 Å². The number of carbonyl (C=O) groups excluding carboxylic acids is 2. The number of fused-ring (bicyclic) bond motifs is 2. The van der Waals surface area contributed by atoms with Crippen molar-refractivity contribution in [2.75, 3.05) is 31.8 Å². The second-order valence-electron chi connectivity index (χ2n) is 8.29. The number of piperidine rings is 1. The first-order chi connectivity index (χ1) is 15.2. The number of benzene rings is 2. The standard InChI is InChI=1S/C24H26N2O5/c27-23(14-29-20-6-4-16-2-1-3-18(16)12-20)26-10-8-17(9-11-26)24(28)25-19-5-7-21-22(13-19)31-15-30-21/h4-7,12-13,17H,1-3,8-11,14-15H2,(H,25,28). The van der Waals surface area contributed by atoms with Gasteiger partial charge in [0.2, 0.25) is 12.7 Å². The second kappa shape index (κ2) is 8.49. The van der Waals surface area contributed by atoms with E-state index in [4.69, 9.17) is 14.2 Å². The van der Waals surface area contributed by atoms with Crippen molar-refractivity contribution in [2.45, 2.75) is 32.1 Å².